The Morgan fingerprint density at radius 2 is 1.87 bits per heavy atom. The lowest BCUT2D eigenvalue weighted by Gasteiger charge is -2.21. The van der Waals surface area contributed by atoms with Gasteiger partial charge in [0.15, 0.2) is 0 Å². The highest BCUT2D eigenvalue weighted by molar-refractivity contribution is 5.78. The Kier molecular flexibility index (Phi) is 5.06. The van der Waals surface area contributed by atoms with E-state index >= 15 is 0 Å². The molecule has 0 spiro atoms. The molecular formula is C20H24N2O. The molecular weight excluding hydrogens is 284 g/mol. The zero-order valence-corrected chi connectivity index (χ0v) is 13.8. The first-order valence-electron chi connectivity index (χ1n) is 8.53. The predicted molar refractivity (Wildman–Crippen MR) is 92.4 cm³/mol. The molecule has 120 valence electrons. The van der Waals surface area contributed by atoms with Gasteiger partial charge in [0.1, 0.15) is 0 Å². The molecule has 0 fully saturated rings. The van der Waals surface area contributed by atoms with E-state index in [2.05, 4.69) is 23.2 Å². The van der Waals surface area contributed by atoms with Crippen molar-refractivity contribution in [1.82, 2.24) is 9.88 Å². The summed E-state index contributed by atoms with van der Waals surface area (Å²) in [5.41, 5.74) is 5.28. The third-order valence-corrected chi connectivity index (χ3v) is 4.67. The van der Waals surface area contributed by atoms with Crippen LogP contribution in [-0.4, -0.2) is 28.9 Å². The van der Waals surface area contributed by atoms with Crippen LogP contribution in [0.1, 0.15) is 35.6 Å². The fourth-order valence-electron chi connectivity index (χ4n) is 3.29. The molecule has 3 heteroatoms. The van der Waals surface area contributed by atoms with E-state index in [4.69, 9.17) is 0 Å². The second-order valence-corrected chi connectivity index (χ2v) is 6.21. The summed E-state index contributed by atoms with van der Waals surface area (Å²) in [6, 6.07) is 10.6. The molecule has 3 rings (SSSR count). The van der Waals surface area contributed by atoms with Crippen LogP contribution >= 0.6 is 0 Å². The van der Waals surface area contributed by atoms with E-state index in [1.54, 1.807) is 12.4 Å². The van der Waals surface area contributed by atoms with Crippen molar-refractivity contribution in [1.29, 1.82) is 0 Å². The molecule has 1 aliphatic carbocycles. The number of likely N-dealkylation sites (N-methyl/N-ethyl adjacent to an activating group) is 1. The number of fused-ring (bicyclic) bond motifs is 1. The lowest BCUT2D eigenvalue weighted by molar-refractivity contribution is -0.130. The first-order chi connectivity index (χ1) is 11.3. The van der Waals surface area contributed by atoms with Gasteiger partial charge in [-0.1, -0.05) is 18.2 Å². The van der Waals surface area contributed by atoms with Crippen molar-refractivity contribution in [3.05, 3.63) is 65.0 Å². The molecule has 3 nitrogen and oxygen atoms in total. The molecule has 1 aromatic carbocycles. The molecule has 0 aliphatic heterocycles. The van der Waals surface area contributed by atoms with Crippen LogP contribution in [0.4, 0.5) is 0 Å². The van der Waals surface area contributed by atoms with Crippen LogP contribution in [0.3, 0.4) is 0 Å². The lowest BCUT2D eigenvalue weighted by Crippen LogP contribution is -2.34. The van der Waals surface area contributed by atoms with Crippen molar-refractivity contribution in [3.8, 4) is 0 Å². The zero-order valence-electron chi connectivity index (χ0n) is 13.8. The molecule has 0 N–H and O–H groups in total. The number of carbonyl (C=O) groups is 1. The summed E-state index contributed by atoms with van der Waals surface area (Å²) in [6.45, 7) is 3.58. The third kappa shape index (κ3) is 3.98. The number of nitrogens with zero attached hydrogens (tertiary/aromatic N) is 2. The zero-order chi connectivity index (χ0) is 16.1. The topological polar surface area (TPSA) is 33.2 Å². The van der Waals surface area contributed by atoms with E-state index in [1.165, 1.54) is 29.5 Å². The number of benzene rings is 1. The largest absolute Gasteiger partial charge is 0.342 e. The van der Waals surface area contributed by atoms with Gasteiger partial charge in [-0.2, -0.15) is 0 Å². The second-order valence-electron chi connectivity index (χ2n) is 6.21. The third-order valence-electron chi connectivity index (χ3n) is 4.67. The second kappa shape index (κ2) is 7.40. The van der Waals surface area contributed by atoms with Gasteiger partial charge in [0.2, 0.25) is 5.91 Å². The van der Waals surface area contributed by atoms with Crippen LogP contribution in [0.15, 0.2) is 42.7 Å². The van der Waals surface area contributed by atoms with Gasteiger partial charge in [-0.15, -0.1) is 0 Å². The van der Waals surface area contributed by atoms with Crippen LogP contribution in [0.2, 0.25) is 0 Å². The van der Waals surface area contributed by atoms with Crippen molar-refractivity contribution in [3.63, 3.8) is 0 Å². The summed E-state index contributed by atoms with van der Waals surface area (Å²) >= 11 is 0. The fraction of sp³-hybridized carbons (Fsp3) is 0.400. The molecule has 1 amide bonds. The van der Waals surface area contributed by atoms with E-state index in [0.29, 0.717) is 6.42 Å². The number of aromatic nitrogens is 1. The van der Waals surface area contributed by atoms with Crippen molar-refractivity contribution in [2.45, 2.75) is 39.0 Å². The molecule has 23 heavy (non-hydrogen) atoms. The van der Waals surface area contributed by atoms with E-state index in [9.17, 15) is 4.79 Å². The molecule has 0 saturated heterocycles. The van der Waals surface area contributed by atoms with Crippen LogP contribution in [0.25, 0.3) is 0 Å². The number of carbonyl (C=O) groups excluding carboxylic acids is 1. The molecule has 1 aliphatic rings. The van der Waals surface area contributed by atoms with E-state index in [0.717, 1.165) is 31.5 Å². The SMILES string of the molecule is CCN(CCc1ccncc1)C(=O)Cc1ccc2c(c1)CCC2. The Hall–Kier alpha value is -2.16. The number of hydrogen-bond donors (Lipinski definition) is 0. The molecule has 0 saturated carbocycles. The number of hydrogen-bond acceptors (Lipinski definition) is 2. The Morgan fingerprint density at radius 1 is 1.09 bits per heavy atom. The van der Waals surface area contributed by atoms with Gasteiger partial charge in [0.25, 0.3) is 0 Å². The van der Waals surface area contributed by atoms with Gasteiger partial charge < -0.3 is 4.90 Å². The monoisotopic (exact) mass is 308 g/mol. The van der Waals surface area contributed by atoms with Gasteiger partial charge in [0.05, 0.1) is 6.42 Å². The van der Waals surface area contributed by atoms with Crippen molar-refractivity contribution < 1.29 is 4.79 Å². The Bertz CT molecular complexity index is 667. The summed E-state index contributed by atoms with van der Waals surface area (Å²) in [7, 11) is 0. The average Bonchev–Trinajstić information content (AvgIpc) is 3.04. The van der Waals surface area contributed by atoms with E-state index in [1.807, 2.05) is 24.0 Å². The van der Waals surface area contributed by atoms with Gasteiger partial charge in [-0.05, 0) is 67.0 Å². The van der Waals surface area contributed by atoms with Crippen LogP contribution in [-0.2, 0) is 30.5 Å². The summed E-state index contributed by atoms with van der Waals surface area (Å²) in [4.78, 5) is 18.6. The maximum Gasteiger partial charge on any atom is 0.226 e. The minimum atomic E-state index is 0.222. The predicted octanol–water partition coefficient (Wildman–Crippen LogP) is 3.20. The Labute approximate surface area is 138 Å². The minimum absolute atomic E-state index is 0.222. The first kappa shape index (κ1) is 15.7. The number of pyridine rings is 1. The quantitative estimate of drug-likeness (QED) is 0.821. The number of aryl methyl sites for hydroxylation is 2. The minimum Gasteiger partial charge on any atom is -0.342 e. The highest BCUT2D eigenvalue weighted by atomic mass is 16.2. The van der Waals surface area contributed by atoms with Crippen LogP contribution < -0.4 is 0 Å². The van der Waals surface area contributed by atoms with E-state index in [-0.39, 0.29) is 5.91 Å². The van der Waals surface area contributed by atoms with Crippen LogP contribution in [0.5, 0.6) is 0 Å². The average molecular weight is 308 g/mol. The maximum absolute atomic E-state index is 12.6. The van der Waals surface area contributed by atoms with Gasteiger partial charge >= 0.3 is 0 Å². The van der Waals surface area contributed by atoms with E-state index < -0.39 is 0 Å². The normalized spacial score (nSPS) is 12.9. The van der Waals surface area contributed by atoms with Gasteiger partial charge in [0, 0.05) is 25.5 Å². The summed E-state index contributed by atoms with van der Waals surface area (Å²) in [5, 5.41) is 0. The fourth-order valence-corrected chi connectivity index (χ4v) is 3.29. The smallest absolute Gasteiger partial charge is 0.226 e. The van der Waals surface area contributed by atoms with Gasteiger partial charge in [-0.25, -0.2) is 0 Å². The van der Waals surface area contributed by atoms with Gasteiger partial charge in [-0.3, -0.25) is 9.78 Å². The van der Waals surface area contributed by atoms with Crippen LogP contribution in [0, 0.1) is 0 Å². The summed E-state index contributed by atoms with van der Waals surface area (Å²) < 4.78 is 0. The highest BCUT2D eigenvalue weighted by Crippen LogP contribution is 2.23. The van der Waals surface area contributed by atoms with Crippen molar-refractivity contribution in [2.75, 3.05) is 13.1 Å². The molecule has 0 bridgehead atoms. The molecule has 2 aromatic rings. The molecule has 0 unspecified atom stereocenters. The van der Waals surface area contributed by atoms with Crippen molar-refractivity contribution in [2.24, 2.45) is 0 Å². The molecule has 1 aromatic heterocycles. The number of amides is 1. The Morgan fingerprint density at radius 3 is 2.65 bits per heavy atom. The lowest BCUT2D eigenvalue weighted by atomic mass is 10.0. The van der Waals surface area contributed by atoms with Crippen molar-refractivity contribution >= 4 is 5.91 Å². The number of rotatable bonds is 6. The Balaban J connectivity index is 1.59. The first-order valence-corrected chi connectivity index (χ1v) is 8.53. The maximum atomic E-state index is 12.6. The molecule has 0 radical (unpaired) electrons. The molecule has 0 atom stereocenters. The molecule has 1 heterocycles. The summed E-state index contributed by atoms with van der Waals surface area (Å²) in [5.74, 6) is 0.222. The highest BCUT2D eigenvalue weighted by Gasteiger charge is 2.15. The summed E-state index contributed by atoms with van der Waals surface area (Å²) in [6.07, 6.45) is 8.60. The standard InChI is InChI=1S/C20H24N2O/c1-2-22(13-10-16-8-11-21-12-9-16)20(23)15-17-6-7-18-4-3-5-19(18)14-17/h6-9,11-12,14H,2-5,10,13,15H2,1H3.